The van der Waals surface area contributed by atoms with E-state index in [9.17, 15) is 19.2 Å². The number of hydrogen-bond acceptors (Lipinski definition) is 8. The van der Waals surface area contributed by atoms with Crippen LogP contribution in [0.1, 0.15) is 33.4 Å². The molecule has 11 nitrogen and oxygen atoms in total. The minimum atomic E-state index is -0.660. The average Bonchev–Trinajstić information content (AvgIpc) is 3.16. The Bertz CT molecular complexity index is 980. The monoisotopic (exact) mass is 392 g/mol. The van der Waals surface area contributed by atoms with E-state index in [0.29, 0.717) is 5.52 Å². The number of carbonyl (C=O) groups is 3. The first kappa shape index (κ1) is 19.5. The summed E-state index contributed by atoms with van der Waals surface area (Å²) in [5, 5.41) is 2.52. The maximum absolute atomic E-state index is 12.2. The van der Waals surface area contributed by atoms with Crippen LogP contribution in [0.4, 0.5) is 5.82 Å². The molecule has 2 aromatic heterocycles. The lowest BCUT2D eigenvalue weighted by molar-refractivity contribution is -0.155. The fourth-order valence-electron chi connectivity index (χ4n) is 3.09. The Kier molecular flexibility index (Phi) is 5.45. The Hall–Kier alpha value is -3.21. The summed E-state index contributed by atoms with van der Waals surface area (Å²) in [6, 6.07) is 1.56. The highest BCUT2D eigenvalue weighted by atomic mass is 16.6. The molecule has 1 aliphatic rings. The van der Waals surface area contributed by atoms with Gasteiger partial charge in [-0.2, -0.15) is 0 Å². The van der Waals surface area contributed by atoms with Gasteiger partial charge < -0.3 is 29.1 Å². The Morgan fingerprint density at radius 3 is 2.71 bits per heavy atom. The summed E-state index contributed by atoms with van der Waals surface area (Å²) in [6.45, 7) is 3.80. The number of aromatic amines is 1. The SMILES string of the molecule is CC(=O)Nc1cc2c(ncn2[C@H]2C[C@H](OC(C)=O)[C@@H](COC(C)=O)O2)c(=O)[nH]1. The molecular weight excluding hydrogens is 372 g/mol. The van der Waals surface area contributed by atoms with Gasteiger partial charge in [0.25, 0.3) is 5.56 Å². The van der Waals surface area contributed by atoms with Gasteiger partial charge in [-0.15, -0.1) is 0 Å². The maximum atomic E-state index is 12.2. The zero-order valence-corrected chi connectivity index (χ0v) is 15.6. The van der Waals surface area contributed by atoms with E-state index in [1.54, 1.807) is 10.6 Å². The number of aromatic nitrogens is 3. The van der Waals surface area contributed by atoms with Crippen LogP contribution in [0.5, 0.6) is 0 Å². The standard InChI is InChI=1S/C17H20N4O7/c1-8(22)19-14-4-11-16(17(25)20-14)18-7-21(11)15-5-12(27-10(3)24)13(28-15)6-26-9(2)23/h4,7,12-13,15H,5-6H2,1-3H3,(H2,19,20,22,25)/t12-,13+,15+/m0/s1. The van der Waals surface area contributed by atoms with Crippen LogP contribution in [0.15, 0.2) is 17.2 Å². The van der Waals surface area contributed by atoms with Gasteiger partial charge in [0.1, 0.15) is 30.9 Å². The van der Waals surface area contributed by atoms with Gasteiger partial charge in [-0.1, -0.05) is 0 Å². The first-order valence-corrected chi connectivity index (χ1v) is 8.58. The number of H-pyrrole nitrogens is 1. The van der Waals surface area contributed by atoms with Crippen molar-refractivity contribution < 1.29 is 28.6 Å². The van der Waals surface area contributed by atoms with E-state index in [1.807, 2.05) is 0 Å². The van der Waals surface area contributed by atoms with Crippen molar-refractivity contribution in [3.05, 3.63) is 22.7 Å². The predicted octanol–water partition coefficient (Wildman–Crippen LogP) is 0.465. The number of nitrogens with one attached hydrogen (secondary N) is 2. The summed E-state index contributed by atoms with van der Waals surface area (Å²) >= 11 is 0. The molecular formula is C17H20N4O7. The summed E-state index contributed by atoms with van der Waals surface area (Å²) in [7, 11) is 0. The number of esters is 2. The number of rotatable bonds is 5. The van der Waals surface area contributed by atoms with Crippen molar-refractivity contribution in [1.82, 2.24) is 14.5 Å². The highest BCUT2D eigenvalue weighted by molar-refractivity contribution is 5.89. The molecule has 0 unspecified atom stereocenters. The Morgan fingerprint density at radius 1 is 1.32 bits per heavy atom. The number of fused-ring (bicyclic) bond motifs is 1. The van der Waals surface area contributed by atoms with Crippen LogP contribution in [0.2, 0.25) is 0 Å². The summed E-state index contributed by atoms with van der Waals surface area (Å²) in [5.74, 6) is -1.08. The van der Waals surface area contributed by atoms with Gasteiger partial charge in [0, 0.05) is 33.3 Å². The van der Waals surface area contributed by atoms with E-state index in [4.69, 9.17) is 14.2 Å². The largest absolute Gasteiger partial charge is 0.463 e. The smallest absolute Gasteiger partial charge is 0.303 e. The van der Waals surface area contributed by atoms with Gasteiger partial charge >= 0.3 is 11.9 Å². The second-order valence-electron chi connectivity index (χ2n) is 6.39. The Labute approximate surface area is 159 Å². The van der Waals surface area contributed by atoms with Crippen molar-refractivity contribution in [1.29, 1.82) is 0 Å². The minimum Gasteiger partial charge on any atom is -0.463 e. The molecule has 0 aromatic carbocycles. The molecule has 0 bridgehead atoms. The summed E-state index contributed by atoms with van der Waals surface area (Å²) in [5.41, 5.74) is 0.142. The van der Waals surface area contributed by atoms with Gasteiger partial charge in [0.15, 0.2) is 5.52 Å². The quantitative estimate of drug-likeness (QED) is 0.699. The summed E-state index contributed by atoms with van der Waals surface area (Å²) in [4.78, 5) is 52.6. The first-order chi connectivity index (χ1) is 13.2. The third-order valence-corrected chi connectivity index (χ3v) is 4.15. The lowest BCUT2D eigenvalue weighted by atomic mass is 10.2. The maximum Gasteiger partial charge on any atom is 0.303 e. The lowest BCUT2D eigenvalue weighted by Gasteiger charge is -2.17. The van der Waals surface area contributed by atoms with E-state index in [1.165, 1.54) is 27.1 Å². The second-order valence-corrected chi connectivity index (χ2v) is 6.39. The van der Waals surface area contributed by atoms with Crippen LogP contribution in [0.3, 0.4) is 0 Å². The minimum absolute atomic E-state index is 0.0753. The number of nitrogens with zero attached hydrogens (tertiary/aromatic N) is 2. The second kappa shape index (κ2) is 7.80. The van der Waals surface area contributed by atoms with E-state index in [-0.39, 0.29) is 30.3 Å². The Balaban J connectivity index is 1.91. The Morgan fingerprint density at radius 2 is 2.07 bits per heavy atom. The molecule has 1 aliphatic heterocycles. The van der Waals surface area contributed by atoms with Crippen LogP contribution in [-0.2, 0) is 28.6 Å². The molecule has 28 heavy (non-hydrogen) atoms. The van der Waals surface area contributed by atoms with E-state index >= 15 is 0 Å². The van der Waals surface area contributed by atoms with Crippen LogP contribution in [-0.4, -0.2) is 51.2 Å². The number of amides is 1. The lowest BCUT2D eigenvalue weighted by Crippen LogP contribution is -2.31. The molecule has 2 aromatic rings. The topological polar surface area (TPSA) is 142 Å². The molecule has 3 heterocycles. The highest BCUT2D eigenvalue weighted by Crippen LogP contribution is 2.33. The summed E-state index contributed by atoms with van der Waals surface area (Å²) < 4.78 is 17.8. The molecule has 1 saturated heterocycles. The zero-order chi connectivity index (χ0) is 20.4. The third-order valence-electron chi connectivity index (χ3n) is 4.15. The van der Waals surface area contributed by atoms with Gasteiger partial charge in [0.2, 0.25) is 5.91 Å². The number of carbonyl (C=O) groups excluding carboxylic acids is 3. The molecule has 1 amide bonds. The predicted molar refractivity (Wildman–Crippen MR) is 95.4 cm³/mol. The molecule has 3 rings (SSSR count). The number of pyridine rings is 1. The van der Waals surface area contributed by atoms with Gasteiger partial charge in [0.05, 0.1) is 11.8 Å². The van der Waals surface area contributed by atoms with Crippen LogP contribution in [0, 0.1) is 0 Å². The molecule has 0 spiro atoms. The molecule has 0 aliphatic carbocycles. The van der Waals surface area contributed by atoms with E-state index in [2.05, 4.69) is 15.3 Å². The number of hydrogen-bond donors (Lipinski definition) is 2. The molecule has 0 radical (unpaired) electrons. The van der Waals surface area contributed by atoms with Gasteiger partial charge in [-0.05, 0) is 0 Å². The molecule has 3 atom stereocenters. The number of imidazole rings is 1. The van der Waals surface area contributed by atoms with Gasteiger partial charge in [-0.25, -0.2) is 4.98 Å². The van der Waals surface area contributed by atoms with Crippen molar-refractivity contribution >= 4 is 34.7 Å². The molecule has 2 N–H and O–H groups in total. The summed E-state index contributed by atoms with van der Waals surface area (Å²) in [6.07, 6.45) is -0.189. The van der Waals surface area contributed by atoms with Crippen molar-refractivity contribution in [2.45, 2.75) is 45.6 Å². The van der Waals surface area contributed by atoms with Crippen molar-refractivity contribution in [3.63, 3.8) is 0 Å². The first-order valence-electron chi connectivity index (χ1n) is 8.58. The van der Waals surface area contributed by atoms with E-state index in [0.717, 1.165) is 0 Å². The van der Waals surface area contributed by atoms with Crippen LogP contribution in [0.25, 0.3) is 11.0 Å². The number of ether oxygens (including phenoxy) is 3. The molecule has 1 fully saturated rings. The van der Waals surface area contributed by atoms with Crippen LogP contribution < -0.4 is 10.9 Å². The zero-order valence-electron chi connectivity index (χ0n) is 15.6. The average molecular weight is 392 g/mol. The normalized spacial score (nSPS) is 21.5. The highest BCUT2D eigenvalue weighted by Gasteiger charge is 2.39. The fraction of sp³-hybridized carbons (Fsp3) is 0.471. The van der Waals surface area contributed by atoms with Crippen LogP contribution >= 0.6 is 0 Å². The van der Waals surface area contributed by atoms with E-state index < -0.39 is 35.9 Å². The molecule has 11 heteroatoms. The van der Waals surface area contributed by atoms with Crippen molar-refractivity contribution in [2.24, 2.45) is 0 Å². The van der Waals surface area contributed by atoms with Gasteiger partial charge in [-0.3, -0.25) is 19.2 Å². The molecule has 150 valence electrons. The van der Waals surface area contributed by atoms with Crippen molar-refractivity contribution in [3.8, 4) is 0 Å². The fourth-order valence-corrected chi connectivity index (χ4v) is 3.09. The molecule has 0 saturated carbocycles. The van der Waals surface area contributed by atoms with Crippen molar-refractivity contribution in [2.75, 3.05) is 11.9 Å². The third kappa shape index (κ3) is 4.19. The number of anilines is 1.